The van der Waals surface area contributed by atoms with Crippen LogP contribution in [0.5, 0.6) is 0 Å². The third-order valence-corrected chi connectivity index (χ3v) is 3.85. The van der Waals surface area contributed by atoms with Gasteiger partial charge in [0, 0.05) is 37.7 Å². The molecule has 2 aromatic rings. The van der Waals surface area contributed by atoms with Crippen molar-refractivity contribution in [3.63, 3.8) is 0 Å². The molecule has 0 aromatic carbocycles. The van der Waals surface area contributed by atoms with Crippen LogP contribution in [0.1, 0.15) is 31.3 Å². The third kappa shape index (κ3) is 2.54. The Hall–Kier alpha value is -1.88. The lowest BCUT2D eigenvalue weighted by atomic mass is 10.1. The van der Waals surface area contributed by atoms with Crippen molar-refractivity contribution >= 4 is 5.82 Å². The third-order valence-electron chi connectivity index (χ3n) is 3.85. The van der Waals surface area contributed by atoms with Crippen LogP contribution < -0.4 is 10.2 Å². The van der Waals surface area contributed by atoms with Gasteiger partial charge in [-0.25, -0.2) is 9.97 Å². The fraction of sp³-hybridized carbons (Fsp3) is 0.467. The summed E-state index contributed by atoms with van der Waals surface area (Å²) in [5, 5.41) is 3.44. The molecule has 1 aliphatic rings. The summed E-state index contributed by atoms with van der Waals surface area (Å²) in [6.07, 6.45) is 5.82. The Bertz CT molecular complexity index is 577. The lowest BCUT2D eigenvalue weighted by Gasteiger charge is -2.29. The van der Waals surface area contributed by atoms with Crippen LogP contribution in [0.4, 0.5) is 5.82 Å². The summed E-state index contributed by atoms with van der Waals surface area (Å²) in [5.41, 5.74) is 1.28. The van der Waals surface area contributed by atoms with Gasteiger partial charge in [0.05, 0.1) is 6.54 Å². The van der Waals surface area contributed by atoms with E-state index in [1.165, 1.54) is 5.56 Å². The van der Waals surface area contributed by atoms with Gasteiger partial charge in [0.1, 0.15) is 11.6 Å². The molecule has 5 nitrogen and oxygen atoms in total. The van der Waals surface area contributed by atoms with Crippen LogP contribution in [0.2, 0.25) is 0 Å². The molecule has 0 saturated heterocycles. The first-order valence-corrected chi connectivity index (χ1v) is 7.22. The fourth-order valence-electron chi connectivity index (χ4n) is 2.67. The predicted octanol–water partition coefficient (Wildman–Crippen LogP) is 1.97. The lowest BCUT2D eigenvalue weighted by molar-refractivity contribution is 0.554. The van der Waals surface area contributed by atoms with E-state index in [0.29, 0.717) is 6.04 Å². The summed E-state index contributed by atoms with van der Waals surface area (Å²) < 4.78 is 2.21. The summed E-state index contributed by atoms with van der Waals surface area (Å²) in [6.45, 7) is 8.08. The van der Waals surface area contributed by atoms with Crippen LogP contribution in [-0.2, 0) is 13.1 Å². The average Bonchev–Trinajstić information content (AvgIpc) is 2.95. The summed E-state index contributed by atoms with van der Waals surface area (Å²) in [4.78, 5) is 11.2. The van der Waals surface area contributed by atoms with E-state index in [1.807, 2.05) is 18.6 Å². The first-order valence-electron chi connectivity index (χ1n) is 7.22. The standard InChI is InChI=1S/C15H21N5/c1-3-16-12(2)13-4-5-17-14(10-13)20-9-8-19-7-6-18-15(19)11-20/h4-7,10,12,16H,3,8-9,11H2,1-2H3. The monoisotopic (exact) mass is 271 g/mol. The van der Waals surface area contributed by atoms with Gasteiger partial charge < -0.3 is 14.8 Å². The van der Waals surface area contributed by atoms with E-state index in [1.54, 1.807) is 0 Å². The number of imidazole rings is 1. The number of rotatable bonds is 4. The zero-order chi connectivity index (χ0) is 13.9. The maximum atomic E-state index is 4.52. The quantitative estimate of drug-likeness (QED) is 0.923. The van der Waals surface area contributed by atoms with Gasteiger partial charge in [-0.1, -0.05) is 6.92 Å². The maximum absolute atomic E-state index is 4.52. The number of aromatic nitrogens is 3. The lowest BCUT2D eigenvalue weighted by Crippen LogP contribution is -2.34. The number of nitrogens with zero attached hydrogens (tertiary/aromatic N) is 4. The van der Waals surface area contributed by atoms with Crippen LogP contribution in [0, 0.1) is 0 Å². The van der Waals surface area contributed by atoms with Gasteiger partial charge in [-0.15, -0.1) is 0 Å². The zero-order valence-corrected chi connectivity index (χ0v) is 12.1. The molecule has 1 aliphatic heterocycles. The molecule has 1 unspecified atom stereocenters. The number of pyridine rings is 1. The van der Waals surface area contributed by atoms with Crippen molar-refractivity contribution < 1.29 is 0 Å². The Morgan fingerprint density at radius 2 is 2.20 bits per heavy atom. The van der Waals surface area contributed by atoms with E-state index >= 15 is 0 Å². The van der Waals surface area contributed by atoms with Crippen LogP contribution in [-0.4, -0.2) is 27.6 Å². The second-order valence-electron chi connectivity index (χ2n) is 5.19. The molecule has 2 aromatic heterocycles. The van der Waals surface area contributed by atoms with Gasteiger partial charge in [0.15, 0.2) is 0 Å². The molecule has 106 valence electrons. The fourth-order valence-corrected chi connectivity index (χ4v) is 2.67. The van der Waals surface area contributed by atoms with E-state index in [0.717, 1.165) is 37.8 Å². The van der Waals surface area contributed by atoms with Crippen LogP contribution in [0.3, 0.4) is 0 Å². The molecule has 0 amide bonds. The number of hydrogen-bond acceptors (Lipinski definition) is 4. The molecule has 3 rings (SSSR count). The molecule has 0 fully saturated rings. The van der Waals surface area contributed by atoms with E-state index in [9.17, 15) is 0 Å². The topological polar surface area (TPSA) is 46.0 Å². The molecular weight excluding hydrogens is 250 g/mol. The van der Waals surface area contributed by atoms with Crippen molar-refractivity contribution in [1.82, 2.24) is 19.9 Å². The summed E-state index contributed by atoms with van der Waals surface area (Å²) >= 11 is 0. The zero-order valence-electron chi connectivity index (χ0n) is 12.1. The minimum Gasteiger partial charge on any atom is -0.347 e. The van der Waals surface area contributed by atoms with Crippen LogP contribution in [0.25, 0.3) is 0 Å². The highest BCUT2D eigenvalue weighted by molar-refractivity contribution is 5.42. The normalized spacial score (nSPS) is 16.0. The largest absolute Gasteiger partial charge is 0.347 e. The molecule has 0 radical (unpaired) electrons. The Kier molecular flexibility index (Phi) is 3.69. The molecular formula is C15H21N5. The maximum Gasteiger partial charge on any atom is 0.129 e. The minimum absolute atomic E-state index is 0.355. The van der Waals surface area contributed by atoms with Crippen molar-refractivity contribution in [1.29, 1.82) is 0 Å². The number of hydrogen-bond donors (Lipinski definition) is 1. The van der Waals surface area contributed by atoms with Crippen molar-refractivity contribution in [2.45, 2.75) is 33.0 Å². The van der Waals surface area contributed by atoms with Gasteiger partial charge in [-0.2, -0.15) is 0 Å². The highest BCUT2D eigenvalue weighted by Gasteiger charge is 2.18. The van der Waals surface area contributed by atoms with Crippen molar-refractivity contribution in [3.8, 4) is 0 Å². The molecule has 1 N–H and O–H groups in total. The Balaban J connectivity index is 1.79. The number of nitrogens with one attached hydrogen (secondary N) is 1. The first kappa shape index (κ1) is 13.1. The number of anilines is 1. The second kappa shape index (κ2) is 5.63. The van der Waals surface area contributed by atoms with Crippen LogP contribution >= 0.6 is 0 Å². The van der Waals surface area contributed by atoms with Gasteiger partial charge >= 0.3 is 0 Å². The van der Waals surface area contributed by atoms with E-state index in [-0.39, 0.29) is 0 Å². The Labute approximate surface area is 119 Å². The first-order chi connectivity index (χ1) is 9.78. The molecule has 1 atom stereocenters. The van der Waals surface area contributed by atoms with Crippen molar-refractivity contribution in [2.24, 2.45) is 0 Å². The number of fused-ring (bicyclic) bond motifs is 1. The summed E-state index contributed by atoms with van der Waals surface area (Å²) in [5.74, 6) is 2.16. The van der Waals surface area contributed by atoms with E-state index in [4.69, 9.17) is 0 Å². The molecule has 0 bridgehead atoms. The second-order valence-corrected chi connectivity index (χ2v) is 5.19. The smallest absolute Gasteiger partial charge is 0.129 e. The molecule has 0 saturated carbocycles. The van der Waals surface area contributed by atoms with Gasteiger partial charge in [-0.05, 0) is 31.2 Å². The molecule has 0 spiro atoms. The van der Waals surface area contributed by atoms with Crippen LogP contribution in [0.15, 0.2) is 30.7 Å². The highest BCUT2D eigenvalue weighted by Crippen LogP contribution is 2.21. The minimum atomic E-state index is 0.355. The Morgan fingerprint density at radius 3 is 3.05 bits per heavy atom. The van der Waals surface area contributed by atoms with Crippen molar-refractivity contribution in [2.75, 3.05) is 18.0 Å². The van der Waals surface area contributed by atoms with E-state index < -0.39 is 0 Å². The SMILES string of the molecule is CCNC(C)c1ccnc(N2CCn3ccnc3C2)c1. The van der Waals surface area contributed by atoms with Gasteiger partial charge in [-0.3, -0.25) is 0 Å². The van der Waals surface area contributed by atoms with Gasteiger partial charge in [0.2, 0.25) is 0 Å². The van der Waals surface area contributed by atoms with Gasteiger partial charge in [0.25, 0.3) is 0 Å². The predicted molar refractivity (Wildman–Crippen MR) is 79.6 cm³/mol. The molecule has 20 heavy (non-hydrogen) atoms. The molecule has 3 heterocycles. The van der Waals surface area contributed by atoms with Crippen molar-refractivity contribution in [3.05, 3.63) is 42.1 Å². The molecule has 5 heteroatoms. The summed E-state index contributed by atoms with van der Waals surface area (Å²) in [7, 11) is 0. The molecule has 0 aliphatic carbocycles. The summed E-state index contributed by atoms with van der Waals surface area (Å²) in [6, 6.07) is 4.63. The highest BCUT2D eigenvalue weighted by atomic mass is 15.3. The Morgan fingerprint density at radius 1 is 1.30 bits per heavy atom. The van der Waals surface area contributed by atoms with E-state index in [2.05, 4.69) is 50.7 Å². The average molecular weight is 271 g/mol.